The van der Waals surface area contributed by atoms with Gasteiger partial charge in [-0.2, -0.15) is 0 Å². The molecule has 0 unspecified atom stereocenters. The smallest absolute Gasteiger partial charge is 0.128 e. The van der Waals surface area contributed by atoms with E-state index in [1.165, 1.54) is 12.1 Å². The van der Waals surface area contributed by atoms with Gasteiger partial charge in [-0.25, -0.2) is 4.39 Å². The van der Waals surface area contributed by atoms with Gasteiger partial charge in [0.2, 0.25) is 0 Å². The molecule has 0 aliphatic carbocycles. The molecule has 0 aromatic heterocycles. The summed E-state index contributed by atoms with van der Waals surface area (Å²) in [6, 6.07) is 4.36. The van der Waals surface area contributed by atoms with E-state index in [-0.39, 0.29) is 24.4 Å². The van der Waals surface area contributed by atoms with E-state index >= 15 is 0 Å². The average molecular weight is 247 g/mol. The van der Waals surface area contributed by atoms with Crippen LogP contribution >= 0.6 is 11.6 Å². The zero-order valence-corrected chi connectivity index (χ0v) is 10.2. The van der Waals surface area contributed by atoms with Gasteiger partial charge in [0.1, 0.15) is 5.82 Å². The van der Waals surface area contributed by atoms with Crippen LogP contribution in [-0.4, -0.2) is 18.3 Å². The van der Waals surface area contributed by atoms with Crippen molar-refractivity contribution in [2.24, 2.45) is 5.41 Å². The number of hydrogen-bond donors (Lipinski definition) is 1. The Balaban J connectivity index is 2.52. The summed E-state index contributed by atoms with van der Waals surface area (Å²) in [4.78, 5) is 0. The highest BCUT2D eigenvalue weighted by molar-refractivity contribution is 6.30. The van der Waals surface area contributed by atoms with Gasteiger partial charge in [0.25, 0.3) is 0 Å². The zero-order valence-electron chi connectivity index (χ0n) is 9.46. The van der Waals surface area contributed by atoms with Gasteiger partial charge in [-0.3, -0.25) is 0 Å². The maximum atomic E-state index is 13.3. The molecule has 16 heavy (non-hydrogen) atoms. The Bertz CT molecular complexity index is 353. The Kier molecular flexibility index (Phi) is 4.71. The first-order chi connectivity index (χ1) is 7.44. The molecule has 0 saturated heterocycles. The standard InChI is InChI=1S/C12H16ClFO2/c1-12(2,7-15)8-16-6-9-5-10(13)3-4-11(9)14/h3-5,15H,6-8H2,1-2H3. The fourth-order valence-corrected chi connectivity index (χ4v) is 1.33. The summed E-state index contributed by atoms with van der Waals surface area (Å²) in [5.41, 5.74) is 0.121. The van der Waals surface area contributed by atoms with Crippen LogP contribution in [0.3, 0.4) is 0 Å². The van der Waals surface area contributed by atoms with Crippen molar-refractivity contribution in [1.29, 1.82) is 0 Å². The fraction of sp³-hybridized carbons (Fsp3) is 0.500. The first kappa shape index (κ1) is 13.4. The highest BCUT2D eigenvalue weighted by atomic mass is 35.5. The number of aliphatic hydroxyl groups excluding tert-OH is 1. The zero-order chi connectivity index (χ0) is 12.2. The highest BCUT2D eigenvalue weighted by Gasteiger charge is 2.16. The lowest BCUT2D eigenvalue weighted by atomic mass is 9.97. The lowest BCUT2D eigenvalue weighted by Crippen LogP contribution is -2.23. The highest BCUT2D eigenvalue weighted by Crippen LogP contribution is 2.18. The summed E-state index contributed by atoms with van der Waals surface area (Å²) in [6.45, 7) is 4.32. The number of halogens is 2. The van der Waals surface area contributed by atoms with Gasteiger partial charge in [-0.15, -0.1) is 0 Å². The summed E-state index contributed by atoms with van der Waals surface area (Å²) in [5.74, 6) is -0.328. The first-order valence-electron chi connectivity index (χ1n) is 5.07. The van der Waals surface area contributed by atoms with Gasteiger partial charge in [0.15, 0.2) is 0 Å². The van der Waals surface area contributed by atoms with Crippen LogP contribution in [0, 0.1) is 11.2 Å². The molecule has 0 aliphatic rings. The largest absolute Gasteiger partial charge is 0.396 e. The van der Waals surface area contributed by atoms with Crippen molar-refractivity contribution in [3.8, 4) is 0 Å². The van der Waals surface area contributed by atoms with Gasteiger partial charge < -0.3 is 9.84 Å². The molecule has 0 fully saturated rings. The predicted octanol–water partition coefficient (Wildman–Crippen LogP) is 3.01. The van der Waals surface area contributed by atoms with Gasteiger partial charge >= 0.3 is 0 Å². The van der Waals surface area contributed by atoms with E-state index in [1.54, 1.807) is 6.07 Å². The Morgan fingerprint density at radius 3 is 2.75 bits per heavy atom. The number of benzene rings is 1. The Hall–Kier alpha value is -0.640. The van der Waals surface area contributed by atoms with Crippen LogP contribution in [-0.2, 0) is 11.3 Å². The second-order valence-electron chi connectivity index (χ2n) is 4.55. The second-order valence-corrected chi connectivity index (χ2v) is 4.99. The number of hydrogen-bond acceptors (Lipinski definition) is 2. The minimum absolute atomic E-state index is 0.0328. The molecule has 4 heteroatoms. The van der Waals surface area contributed by atoms with E-state index in [0.29, 0.717) is 17.2 Å². The third-order valence-electron chi connectivity index (χ3n) is 2.19. The summed E-state index contributed by atoms with van der Waals surface area (Å²) in [5, 5.41) is 9.50. The van der Waals surface area contributed by atoms with E-state index in [4.69, 9.17) is 21.4 Å². The van der Waals surface area contributed by atoms with E-state index in [9.17, 15) is 4.39 Å². The van der Waals surface area contributed by atoms with Gasteiger partial charge in [-0.1, -0.05) is 25.4 Å². The van der Waals surface area contributed by atoms with E-state index in [1.807, 2.05) is 13.8 Å². The van der Waals surface area contributed by atoms with Crippen LogP contribution < -0.4 is 0 Å². The maximum Gasteiger partial charge on any atom is 0.128 e. The third-order valence-corrected chi connectivity index (χ3v) is 2.42. The van der Waals surface area contributed by atoms with Crippen molar-refractivity contribution in [2.75, 3.05) is 13.2 Å². The molecule has 2 nitrogen and oxygen atoms in total. The normalized spacial score (nSPS) is 11.8. The molecule has 0 bridgehead atoms. The number of aliphatic hydroxyl groups is 1. The molecule has 90 valence electrons. The number of rotatable bonds is 5. The quantitative estimate of drug-likeness (QED) is 0.866. The summed E-state index contributed by atoms with van der Waals surface area (Å²) < 4.78 is 18.6. The van der Waals surface area contributed by atoms with Crippen molar-refractivity contribution >= 4 is 11.6 Å². The lowest BCUT2D eigenvalue weighted by Gasteiger charge is -2.21. The van der Waals surface area contributed by atoms with Gasteiger partial charge in [-0.05, 0) is 18.2 Å². The van der Waals surface area contributed by atoms with Crippen LogP contribution in [0.1, 0.15) is 19.4 Å². The second kappa shape index (κ2) is 5.62. The van der Waals surface area contributed by atoms with Gasteiger partial charge in [0, 0.05) is 16.0 Å². The van der Waals surface area contributed by atoms with Crippen molar-refractivity contribution in [2.45, 2.75) is 20.5 Å². The Labute approximate surface area is 100.0 Å². The molecule has 0 radical (unpaired) electrons. The molecule has 1 rings (SSSR count). The predicted molar refractivity (Wildman–Crippen MR) is 61.9 cm³/mol. The molecule has 1 aromatic carbocycles. The summed E-state index contributed by atoms with van der Waals surface area (Å²) >= 11 is 5.75. The van der Waals surface area contributed by atoms with Crippen molar-refractivity contribution in [3.63, 3.8) is 0 Å². The van der Waals surface area contributed by atoms with Crippen molar-refractivity contribution in [1.82, 2.24) is 0 Å². The summed E-state index contributed by atoms with van der Waals surface area (Å²) in [7, 11) is 0. The maximum absolute atomic E-state index is 13.3. The third kappa shape index (κ3) is 4.08. The lowest BCUT2D eigenvalue weighted by molar-refractivity contribution is 0.0188. The summed E-state index contributed by atoms with van der Waals surface area (Å²) in [6.07, 6.45) is 0. The van der Waals surface area contributed by atoms with Crippen LogP contribution in [0.5, 0.6) is 0 Å². The van der Waals surface area contributed by atoms with Crippen LogP contribution in [0.15, 0.2) is 18.2 Å². The molecule has 1 aromatic rings. The van der Waals surface area contributed by atoms with Crippen molar-refractivity contribution < 1.29 is 14.2 Å². The minimum atomic E-state index is -0.328. The first-order valence-corrected chi connectivity index (χ1v) is 5.45. The molecule has 0 aliphatic heterocycles. The topological polar surface area (TPSA) is 29.5 Å². The molecule has 0 heterocycles. The van der Waals surface area contributed by atoms with Crippen LogP contribution in [0.25, 0.3) is 0 Å². The molecular formula is C12H16ClFO2. The SMILES string of the molecule is CC(C)(CO)COCc1cc(Cl)ccc1F. The van der Waals surface area contributed by atoms with Crippen LogP contribution in [0.2, 0.25) is 5.02 Å². The molecule has 0 saturated carbocycles. The monoisotopic (exact) mass is 246 g/mol. The minimum Gasteiger partial charge on any atom is -0.396 e. The molecule has 0 amide bonds. The molecule has 0 atom stereocenters. The average Bonchev–Trinajstić information content (AvgIpc) is 2.23. The fourth-order valence-electron chi connectivity index (χ4n) is 1.14. The van der Waals surface area contributed by atoms with Crippen LogP contribution in [0.4, 0.5) is 4.39 Å². The van der Waals surface area contributed by atoms with E-state index < -0.39 is 0 Å². The van der Waals surface area contributed by atoms with Crippen molar-refractivity contribution in [3.05, 3.63) is 34.6 Å². The van der Waals surface area contributed by atoms with Gasteiger partial charge in [0.05, 0.1) is 19.8 Å². The van der Waals surface area contributed by atoms with E-state index in [2.05, 4.69) is 0 Å². The Morgan fingerprint density at radius 2 is 2.12 bits per heavy atom. The molecule has 0 spiro atoms. The number of ether oxygens (including phenoxy) is 1. The molecule has 1 N–H and O–H groups in total. The molecular weight excluding hydrogens is 231 g/mol. The Morgan fingerprint density at radius 1 is 1.44 bits per heavy atom. The van der Waals surface area contributed by atoms with E-state index in [0.717, 1.165) is 0 Å².